The number of aromatic nitrogens is 1. The number of rotatable bonds is 4. The third-order valence-electron chi connectivity index (χ3n) is 4.12. The molecule has 4 rings (SSSR count). The second kappa shape index (κ2) is 7.35. The summed E-state index contributed by atoms with van der Waals surface area (Å²) in [4.78, 5) is 16.9. The maximum atomic E-state index is 12.4. The fourth-order valence-electron chi connectivity index (χ4n) is 2.82. The molecular formula is C20H14Cl2N2O2S. The molecule has 0 aliphatic carbocycles. The van der Waals surface area contributed by atoms with E-state index >= 15 is 0 Å². The molecule has 0 atom stereocenters. The number of nitrogens with zero attached hydrogens (tertiary/aromatic N) is 1. The molecule has 0 radical (unpaired) electrons. The quantitative estimate of drug-likeness (QED) is 0.421. The summed E-state index contributed by atoms with van der Waals surface area (Å²) in [5, 5.41) is 7.23. The minimum atomic E-state index is -0.152. The number of carbonyl (C=O) groups excluding carboxylic acids is 1. The second-order valence-electron chi connectivity index (χ2n) is 6.15. The Morgan fingerprint density at radius 1 is 1.22 bits per heavy atom. The van der Waals surface area contributed by atoms with Crippen LogP contribution in [0.1, 0.15) is 11.1 Å². The van der Waals surface area contributed by atoms with Crippen molar-refractivity contribution in [2.75, 3.05) is 5.32 Å². The van der Waals surface area contributed by atoms with E-state index in [-0.39, 0.29) is 12.3 Å². The zero-order valence-corrected chi connectivity index (χ0v) is 16.6. The van der Waals surface area contributed by atoms with E-state index < -0.39 is 0 Å². The summed E-state index contributed by atoms with van der Waals surface area (Å²) < 4.78 is 5.55. The molecule has 4 nitrogen and oxygen atoms in total. The molecule has 0 bridgehead atoms. The minimum Gasteiger partial charge on any atom is -0.464 e. The van der Waals surface area contributed by atoms with Gasteiger partial charge in [-0.1, -0.05) is 35.3 Å². The monoisotopic (exact) mass is 416 g/mol. The average molecular weight is 417 g/mol. The lowest BCUT2D eigenvalue weighted by Crippen LogP contribution is -2.13. The number of fused-ring (bicyclic) bond motifs is 1. The Balaban J connectivity index is 1.49. The lowest BCUT2D eigenvalue weighted by Gasteiger charge is -2.02. The van der Waals surface area contributed by atoms with E-state index in [9.17, 15) is 4.79 Å². The lowest BCUT2D eigenvalue weighted by atomic mass is 10.1. The summed E-state index contributed by atoms with van der Waals surface area (Å²) >= 11 is 13.5. The van der Waals surface area contributed by atoms with Crippen molar-refractivity contribution in [2.45, 2.75) is 13.3 Å². The number of hydrogen-bond acceptors (Lipinski definition) is 4. The summed E-state index contributed by atoms with van der Waals surface area (Å²) in [7, 11) is 0. The third-order valence-corrected chi connectivity index (χ3v) is 5.43. The topological polar surface area (TPSA) is 55.1 Å². The second-order valence-corrected chi connectivity index (χ2v) is 7.85. The van der Waals surface area contributed by atoms with E-state index in [0.717, 1.165) is 27.7 Å². The number of halogens is 2. The Bertz CT molecular complexity index is 1150. The highest BCUT2D eigenvalue weighted by atomic mass is 35.5. The predicted molar refractivity (Wildman–Crippen MR) is 111 cm³/mol. The molecule has 27 heavy (non-hydrogen) atoms. The number of carbonyl (C=O) groups is 1. The van der Waals surface area contributed by atoms with Gasteiger partial charge in [0, 0.05) is 26.9 Å². The highest BCUT2D eigenvalue weighted by molar-refractivity contribution is 7.14. The van der Waals surface area contributed by atoms with Gasteiger partial charge in [-0.2, -0.15) is 0 Å². The van der Waals surface area contributed by atoms with Gasteiger partial charge in [0.1, 0.15) is 5.58 Å². The van der Waals surface area contributed by atoms with E-state index in [0.29, 0.717) is 20.9 Å². The van der Waals surface area contributed by atoms with Crippen LogP contribution in [0.2, 0.25) is 10.0 Å². The van der Waals surface area contributed by atoms with Gasteiger partial charge < -0.3 is 9.73 Å². The first kappa shape index (κ1) is 18.0. The molecular weight excluding hydrogens is 403 g/mol. The normalized spacial score (nSPS) is 11.1. The van der Waals surface area contributed by atoms with Crippen LogP contribution < -0.4 is 5.32 Å². The molecule has 136 valence electrons. The standard InChI is InChI=1S/C20H14Cl2N2O2S/c1-11-2-4-14-12(9-26-18(14)6-11)7-19(25)24-20-23-17(10-27-20)15-5-3-13(21)8-16(15)22/h2-6,8-10H,7H2,1H3,(H,23,24,25). The van der Waals surface area contributed by atoms with E-state index in [1.165, 1.54) is 11.3 Å². The number of furan rings is 1. The van der Waals surface area contributed by atoms with Gasteiger partial charge in [0.05, 0.1) is 23.4 Å². The van der Waals surface area contributed by atoms with Gasteiger partial charge >= 0.3 is 0 Å². The van der Waals surface area contributed by atoms with Crippen molar-refractivity contribution in [2.24, 2.45) is 0 Å². The zero-order valence-electron chi connectivity index (χ0n) is 14.3. The van der Waals surface area contributed by atoms with Crippen LogP contribution in [0.5, 0.6) is 0 Å². The molecule has 0 unspecified atom stereocenters. The highest BCUT2D eigenvalue weighted by Gasteiger charge is 2.14. The van der Waals surface area contributed by atoms with Crippen LogP contribution in [0.25, 0.3) is 22.2 Å². The van der Waals surface area contributed by atoms with Crippen molar-refractivity contribution in [3.05, 3.63) is 69.2 Å². The minimum absolute atomic E-state index is 0.152. The fourth-order valence-corrected chi connectivity index (χ4v) is 4.05. The van der Waals surface area contributed by atoms with E-state index in [4.69, 9.17) is 27.6 Å². The first-order valence-corrected chi connectivity index (χ1v) is 9.81. The molecule has 0 fully saturated rings. The summed E-state index contributed by atoms with van der Waals surface area (Å²) in [6.07, 6.45) is 1.84. The van der Waals surface area contributed by atoms with Crippen LogP contribution in [0, 0.1) is 6.92 Å². The van der Waals surface area contributed by atoms with Crippen LogP contribution in [0.3, 0.4) is 0 Å². The molecule has 2 heterocycles. The maximum Gasteiger partial charge on any atom is 0.230 e. The van der Waals surface area contributed by atoms with Crippen LogP contribution in [-0.2, 0) is 11.2 Å². The van der Waals surface area contributed by atoms with Crippen molar-refractivity contribution in [1.82, 2.24) is 4.98 Å². The summed E-state index contributed by atoms with van der Waals surface area (Å²) in [6, 6.07) is 11.2. The highest BCUT2D eigenvalue weighted by Crippen LogP contribution is 2.32. The SMILES string of the molecule is Cc1ccc2c(CC(=O)Nc3nc(-c4ccc(Cl)cc4Cl)cs3)coc2c1. The Kier molecular flexibility index (Phi) is 4.91. The molecule has 1 amide bonds. The van der Waals surface area contributed by atoms with E-state index in [1.807, 2.05) is 36.6 Å². The van der Waals surface area contributed by atoms with Crippen LogP contribution in [0.15, 0.2) is 52.5 Å². The Morgan fingerprint density at radius 3 is 2.89 bits per heavy atom. The van der Waals surface area contributed by atoms with Crippen molar-refractivity contribution in [3.63, 3.8) is 0 Å². The van der Waals surface area contributed by atoms with Gasteiger partial charge in [-0.3, -0.25) is 4.79 Å². The Labute approximate surface area is 169 Å². The number of aryl methyl sites for hydroxylation is 1. The summed E-state index contributed by atoms with van der Waals surface area (Å²) in [5.41, 5.74) is 4.21. The predicted octanol–water partition coefficient (Wildman–Crippen LogP) is 6.35. The molecule has 0 aliphatic heterocycles. The first-order valence-electron chi connectivity index (χ1n) is 8.17. The van der Waals surface area contributed by atoms with Gasteiger partial charge in [0.2, 0.25) is 5.91 Å². The smallest absolute Gasteiger partial charge is 0.230 e. The fraction of sp³-hybridized carbons (Fsp3) is 0.100. The van der Waals surface area contributed by atoms with Gasteiger partial charge in [-0.05, 0) is 36.8 Å². The van der Waals surface area contributed by atoms with Gasteiger partial charge in [0.25, 0.3) is 0 Å². The van der Waals surface area contributed by atoms with Crippen molar-refractivity contribution >= 4 is 56.5 Å². The van der Waals surface area contributed by atoms with Gasteiger partial charge in [0.15, 0.2) is 5.13 Å². The summed E-state index contributed by atoms with van der Waals surface area (Å²) in [5.74, 6) is -0.152. The number of anilines is 1. The molecule has 4 aromatic rings. The van der Waals surface area contributed by atoms with E-state index in [2.05, 4.69) is 10.3 Å². The van der Waals surface area contributed by atoms with Crippen LogP contribution >= 0.6 is 34.5 Å². The molecule has 0 aliphatic rings. The van der Waals surface area contributed by atoms with Crippen LogP contribution in [0.4, 0.5) is 5.13 Å². The van der Waals surface area contributed by atoms with E-state index in [1.54, 1.807) is 18.4 Å². The molecule has 2 aromatic carbocycles. The Hall–Kier alpha value is -2.34. The lowest BCUT2D eigenvalue weighted by molar-refractivity contribution is -0.115. The van der Waals surface area contributed by atoms with Gasteiger partial charge in [-0.15, -0.1) is 11.3 Å². The molecule has 2 aromatic heterocycles. The largest absolute Gasteiger partial charge is 0.464 e. The van der Waals surface area contributed by atoms with Gasteiger partial charge in [-0.25, -0.2) is 4.98 Å². The number of hydrogen-bond donors (Lipinski definition) is 1. The van der Waals surface area contributed by atoms with Crippen molar-refractivity contribution in [3.8, 4) is 11.3 Å². The zero-order chi connectivity index (χ0) is 19.0. The number of thiazole rings is 1. The Morgan fingerprint density at radius 2 is 2.07 bits per heavy atom. The molecule has 0 saturated carbocycles. The summed E-state index contributed by atoms with van der Waals surface area (Å²) in [6.45, 7) is 2.00. The number of benzene rings is 2. The molecule has 0 spiro atoms. The average Bonchev–Trinajstić information content (AvgIpc) is 3.22. The number of nitrogens with one attached hydrogen (secondary N) is 1. The third kappa shape index (κ3) is 3.86. The molecule has 0 saturated heterocycles. The maximum absolute atomic E-state index is 12.4. The first-order chi connectivity index (χ1) is 13.0. The van der Waals surface area contributed by atoms with Crippen molar-refractivity contribution in [1.29, 1.82) is 0 Å². The molecule has 1 N–H and O–H groups in total. The van der Waals surface area contributed by atoms with Crippen LogP contribution in [-0.4, -0.2) is 10.9 Å². The van der Waals surface area contributed by atoms with Crippen molar-refractivity contribution < 1.29 is 9.21 Å². The molecule has 7 heteroatoms. The number of amides is 1.